The fourth-order valence-corrected chi connectivity index (χ4v) is 6.43. The van der Waals surface area contributed by atoms with Gasteiger partial charge in [0, 0.05) is 84.8 Å². The molecule has 2 saturated heterocycles. The summed E-state index contributed by atoms with van der Waals surface area (Å²) < 4.78 is 16.9. The van der Waals surface area contributed by atoms with Crippen molar-refractivity contribution in [2.75, 3.05) is 33.9 Å². The zero-order valence-corrected chi connectivity index (χ0v) is 27.4. The number of amides is 1. The van der Waals surface area contributed by atoms with E-state index in [2.05, 4.69) is 20.9 Å². The van der Waals surface area contributed by atoms with Crippen molar-refractivity contribution in [3.05, 3.63) is 82.0 Å². The summed E-state index contributed by atoms with van der Waals surface area (Å²) in [4.78, 5) is 20.9. The first-order valence-corrected chi connectivity index (χ1v) is 16.2. The molecule has 2 aliphatic rings. The highest BCUT2D eigenvalue weighted by Crippen LogP contribution is 2.42. The summed E-state index contributed by atoms with van der Waals surface area (Å²) in [5.74, 6) is 1.37. The number of pyridine rings is 2. The molecule has 240 valence electrons. The smallest absolute Gasteiger partial charge is 0.220 e. The van der Waals surface area contributed by atoms with Crippen LogP contribution in [0.1, 0.15) is 30.4 Å². The van der Waals surface area contributed by atoms with Crippen molar-refractivity contribution in [1.82, 2.24) is 25.9 Å². The molecule has 0 spiro atoms. The molecule has 0 aliphatic carbocycles. The lowest BCUT2D eigenvalue weighted by Crippen LogP contribution is -2.36. The van der Waals surface area contributed by atoms with E-state index in [0.717, 1.165) is 65.1 Å². The van der Waals surface area contributed by atoms with Crippen LogP contribution in [0, 0.1) is 0 Å². The van der Waals surface area contributed by atoms with Crippen LogP contribution in [-0.2, 0) is 22.6 Å². The SMILES string of the molecule is COc1cc(-c2nccc(-c3cccc(-c4ccc(CNC[C@@H]5CCC(=O)N5)c(OC)n4)c3Cl)c2Cl)ccc1CNC[C@@H]1CCO1. The molecule has 2 aliphatic heterocycles. The maximum atomic E-state index is 11.5. The molecule has 3 N–H and O–H groups in total. The average molecular weight is 663 g/mol. The predicted octanol–water partition coefficient (Wildman–Crippen LogP) is 6.05. The standard InChI is InChI=1S/C35H37Cl2N5O4/c1-44-30-16-21(6-7-22(30)17-39-20-25-13-15-46-25)34-33(37)27(12-14-40-34)26-4-3-5-28(32(26)36)29-10-8-23(35(42-29)45-2)18-38-19-24-9-11-31(43)41-24/h3-8,10,12,14,16,24-25,38-39H,9,11,13,15,17-20H2,1-2H3,(H,41,43)/t24-,25-/m0/s1. The number of hydrogen-bond donors (Lipinski definition) is 3. The lowest BCUT2D eigenvalue weighted by molar-refractivity contribution is -0.119. The van der Waals surface area contributed by atoms with Gasteiger partial charge in [-0.1, -0.05) is 59.6 Å². The van der Waals surface area contributed by atoms with E-state index >= 15 is 0 Å². The quantitative estimate of drug-likeness (QED) is 0.159. The molecular formula is C35H37Cl2N5O4. The Morgan fingerprint density at radius 3 is 2.41 bits per heavy atom. The van der Waals surface area contributed by atoms with Gasteiger partial charge in [0.15, 0.2) is 0 Å². The van der Waals surface area contributed by atoms with Crippen LogP contribution in [0.3, 0.4) is 0 Å². The summed E-state index contributed by atoms with van der Waals surface area (Å²) >= 11 is 14.1. The van der Waals surface area contributed by atoms with Crippen molar-refractivity contribution in [1.29, 1.82) is 0 Å². The van der Waals surface area contributed by atoms with Gasteiger partial charge in [0.25, 0.3) is 0 Å². The minimum absolute atomic E-state index is 0.104. The highest BCUT2D eigenvalue weighted by molar-refractivity contribution is 6.39. The number of carbonyl (C=O) groups is 1. The third kappa shape index (κ3) is 7.14. The maximum Gasteiger partial charge on any atom is 0.220 e. The third-order valence-electron chi connectivity index (χ3n) is 8.42. The number of halogens is 2. The van der Waals surface area contributed by atoms with Gasteiger partial charge in [-0.05, 0) is 31.0 Å². The highest BCUT2D eigenvalue weighted by Gasteiger charge is 2.22. The normalized spacial score (nSPS) is 17.4. The Balaban J connectivity index is 1.22. The Morgan fingerprint density at radius 2 is 1.67 bits per heavy atom. The van der Waals surface area contributed by atoms with Gasteiger partial charge >= 0.3 is 0 Å². The number of hydrogen-bond acceptors (Lipinski definition) is 8. The molecule has 6 rings (SSSR count). The van der Waals surface area contributed by atoms with Gasteiger partial charge in [0.2, 0.25) is 11.8 Å². The lowest BCUT2D eigenvalue weighted by Gasteiger charge is -2.26. The second-order valence-electron chi connectivity index (χ2n) is 11.4. The summed E-state index contributed by atoms with van der Waals surface area (Å²) in [6.45, 7) is 3.57. The number of nitrogens with zero attached hydrogens (tertiary/aromatic N) is 2. The Kier molecular flexibility index (Phi) is 10.4. The monoisotopic (exact) mass is 661 g/mol. The average Bonchev–Trinajstić information content (AvgIpc) is 3.47. The zero-order chi connectivity index (χ0) is 32.0. The number of ether oxygens (including phenoxy) is 3. The summed E-state index contributed by atoms with van der Waals surface area (Å²) in [7, 11) is 3.27. The summed E-state index contributed by atoms with van der Waals surface area (Å²) in [5.41, 5.74) is 6.39. The predicted molar refractivity (Wildman–Crippen MR) is 180 cm³/mol. The fourth-order valence-electron chi connectivity index (χ4n) is 5.78. The summed E-state index contributed by atoms with van der Waals surface area (Å²) in [5, 5.41) is 10.8. The Bertz CT molecular complexity index is 1710. The molecular weight excluding hydrogens is 625 g/mol. The lowest BCUT2D eigenvalue weighted by atomic mass is 9.99. The number of methoxy groups -OCH3 is 2. The van der Waals surface area contributed by atoms with Crippen molar-refractivity contribution in [2.24, 2.45) is 0 Å². The van der Waals surface area contributed by atoms with Crippen LogP contribution in [0.25, 0.3) is 33.6 Å². The molecule has 4 heterocycles. The van der Waals surface area contributed by atoms with Gasteiger partial charge in [0.1, 0.15) is 5.75 Å². The topological polar surface area (TPSA) is 107 Å². The van der Waals surface area contributed by atoms with Crippen LogP contribution in [0.4, 0.5) is 0 Å². The van der Waals surface area contributed by atoms with E-state index in [-0.39, 0.29) is 11.9 Å². The first kappa shape index (κ1) is 32.2. The van der Waals surface area contributed by atoms with Crippen LogP contribution in [0.5, 0.6) is 11.6 Å². The Morgan fingerprint density at radius 1 is 0.913 bits per heavy atom. The molecule has 4 aromatic rings. The van der Waals surface area contributed by atoms with Gasteiger partial charge < -0.3 is 30.2 Å². The molecule has 0 radical (unpaired) electrons. The molecule has 0 saturated carbocycles. The number of nitrogens with one attached hydrogen (secondary N) is 3. The van der Waals surface area contributed by atoms with Crippen molar-refractivity contribution in [3.8, 4) is 45.3 Å². The molecule has 11 heteroatoms. The van der Waals surface area contributed by atoms with E-state index in [1.165, 1.54) is 0 Å². The van der Waals surface area contributed by atoms with Crippen LogP contribution in [-0.4, -0.2) is 61.9 Å². The molecule has 1 amide bonds. The molecule has 0 unspecified atom stereocenters. The number of rotatable bonds is 13. The molecule has 2 aromatic heterocycles. The van der Waals surface area contributed by atoms with Crippen LogP contribution < -0.4 is 25.4 Å². The second-order valence-corrected chi connectivity index (χ2v) is 12.2. The number of carbonyl (C=O) groups excluding carboxylic acids is 1. The highest BCUT2D eigenvalue weighted by atomic mass is 35.5. The van der Waals surface area contributed by atoms with E-state index in [1.807, 2.05) is 54.6 Å². The molecule has 9 nitrogen and oxygen atoms in total. The van der Waals surface area contributed by atoms with E-state index < -0.39 is 0 Å². The van der Waals surface area contributed by atoms with Crippen molar-refractivity contribution in [3.63, 3.8) is 0 Å². The van der Waals surface area contributed by atoms with Gasteiger partial charge in [-0.2, -0.15) is 0 Å². The number of aromatic nitrogens is 2. The maximum absolute atomic E-state index is 11.5. The Labute approximate surface area is 279 Å². The molecule has 0 bridgehead atoms. The van der Waals surface area contributed by atoms with Crippen LogP contribution >= 0.6 is 23.2 Å². The van der Waals surface area contributed by atoms with Gasteiger partial charge in [-0.3, -0.25) is 9.78 Å². The first-order valence-electron chi connectivity index (χ1n) is 15.4. The zero-order valence-electron chi connectivity index (χ0n) is 25.9. The molecule has 46 heavy (non-hydrogen) atoms. The van der Waals surface area contributed by atoms with E-state index in [0.29, 0.717) is 59.5 Å². The largest absolute Gasteiger partial charge is 0.496 e. The number of benzene rings is 2. The van der Waals surface area contributed by atoms with E-state index in [1.54, 1.807) is 20.4 Å². The molecule has 2 atom stereocenters. The van der Waals surface area contributed by atoms with Crippen LogP contribution in [0.2, 0.25) is 10.0 Å². The summed E-state index contributed by atoms with van der Waals surface area (Å²) in [6, 6.07) is 17.7. The fraction of sp³-hybridized carbons (Fsp3) is 0.343. The van der Waals surface area contributed by atoms with E-state index in [9.17, 15) is 4.79 Å². The molecule has 2 fully saturated rings. The third-order valence-corrected chi connectivity index (χ3v) is 9.21. The minimum atomic E-state index is 0.104. The Hall–Kier alpha value is -3.73. The van der Waals surface area contributed by atoms with Crippen molar-refractivity contribution < 1.29 is 19.0 Å². The van der Waals surface area contributed by atoms with Crippen molar-refractivity contribution >= 4 is 29.1 Å². The van der Waals surface area contributed by atoms with Gasteiger partial charge in [-0.15, -0.1) is 0 Å². The summed E-state index contributed by atoms with van der Waals surface area (Å²) in [6.07, 6.45) is 4.54. The van der Waals surface area contributed by atoms with Crippen LogP contribution in [0.15, 0.2) is 60.8 Å². The minimum Gasteiger partial charge on any atom is -0.496 e. The molecule has 2 aromatic carbocycles. The van der Waals surface area contributed by atoms with Gasteiger partial charge in [-0.25, -0.2) is 4.98 Å². The van der Waals surface area contributed by atoms with Gasteiger partial charge in [0.05, 0.1) is 41.8 Å². The van der Waals surface area contributed by atoms with E-state index in [4.69, 9.17) is 42.4 Å². The van der Waals surface area contributed by atoms with Crippen molar-refractivity contribution in [2.45, 2.75) is 44.5 Å². The first-order chi connectivity index (χ1) is 22.4. The second kappa shape index (κ2) is 14.8.